The topological polar surface area (TPSA) is 58.4 Å². The molecule has 1 aliphatic carbocycles. The minimum atomic E-state index is -0.217. The van der Waals surface area contributed by atoms with Gasteiger partial charge in [-0.05, 0) is 24.8 Å². The second-order valence-electron chi connectivity index (χ2n) is 5.59. The first-order chi connectivity index (χ1) is 9.13. The predicted octanol–water partition coefficient (Wildman–Crippen LogP) is 0.663. The number of aliphatic hydroxyl groups excluding tert-OH is 1. The highest BCUT2D eigenvalue weighted by molar-refractivity contribution is 5.91. The van der Waals surface area contributed by atoms with Gasteiger partial charge in [0.2, 0.25) is 5.91 Å². The third-order valence-electron chi connectivity index (χ3n) is 4.27. The Bertz CT molecular complexity index is 509. The van der Waals surface area contributed by atoms with Crippen LogP contribution in [0.25, 0.3) is 6.08 Å². The fourth-order valence-electron chi connectivity index (χ4n) is 3.22. The summed E-state index contributed by atoms with van der Waals surface area (Å²) in [5, 5.41) is 13.9. The first kappa shape index (κ1) is 12.4. The molecule has 1 saturated carbocycles. The van der Waals surface area contributed by atoms with E-state index >= 15 is 0 Å². The molecular formula is C14H19N3O2. The van der Waals surface area contributed by atoms with E-state index in [2.05, 4.69) is 5.10 Å². The Hall–Kier alpha value is -1.62. The molecule has 5 nitrogen and oxygen atoms in total. The largest absolute Gasteiger partial charge is 0.393 e. The van der Waals surface area contributed by atoms with Crippen LogP contribution in [0.1, 0.15) is 18.4 Å². The zero-order chi connectivity index (χ0) is 13.4. The summed E-state index contributed by atoms with van der Waals surface area (Å²) in [6.07, 6.45) is 8.71. The minimum Gasteiger partial charge on any atom is -0.393 e. The van der Waals surface area contributed by atoms with Crippen molar-refractivity contribution in [2.75, 3.05) is 13.1 Å². The Morgan fingerprint density at radius 2 is 2.32 bits per heavy atom. The van der Waals surface area contributed by atoms with Gasteiger partial charge in [0.25, 0.3) is 0 Å². The highest BCUT2D eigenvalue weighted by atomic mass is 16.3. The van der Waals surface area contributed by atoms with Crippen molar-refractivity contribution in [3.63, 3.8) is 0 Å². The number of amides is 1. The number of aliphatic hydroxyl groups is 1. The molecule has 3 rings (SSSR count). The van der Waals surface area contributed by atoms with Crippen LogP contribution in [-0.4, -0.2) is 44.9 Å². The molecule has 19 heavy (non-hydrogen) atoms. The van der Waals surface area contributed by atoms with Crippen LogP contribution in [-0.2, 0) is 11.8 Å². The summed E-state index contributed by atoms with van der Waals surface area (Å²) in [6.45, 7) is 1.49. The molecule has 3 atom stereocenters. The van der Waals surface area contributed by atoms with Crippen molar-refractivity contribution >= 4 is 12.0 Å². The lowest BCUT2D eigenvalue weighted by molar-refractivity contribution is -0.125. The fraction of sp³-hybridized carbons (Fsp3) is 0.571. The van der Waals surface area contributed by atoms with Gasteiger partial charge < -0.3 is 10.0 Å². The van der Waals surface area contributed by atoms with Gasteiger partial charge in [-0.1, -0.05) is 0 Å². The van der Waals surface area contributed by atoms with Crippen LogP contribution >= 0.6 is 0 Å². The molecular weight excluding hydrogens is 242 g/mol. The standard InChI is InChI=1S/C14H19N3O2/c1-16-7-10(6-15-16)2-5-14(19)17-8-11-3-4-13(18)12(11)9-17/h2,5-7,11-13,18H,3-4,8-9H2,1H3/b5-2+. The van der Waals surface area contributed by atoms with Crippen molar-refractivity contribution in [2.24, 2.45) is 18.9 Å². The molecule has 2 aliphatic rings. The first-order valence-corrected chi connectivity index (χ1v) is 6.77. The SMILES string of the molecule is Cn1cc(/C=C/C(=O)N2CC3CCC(O)C3C2)cn1. The summed E-state index contributed by atoms with van der Waals surface area (Å²) in [5.74, 6) is 0.812. The number of hydrogen-bond acceptors (Lipinski definition) is 3. The van der Waals surface area contributed by atoms with Crippen LogP contribution in [0.4, 0.5) is 0 Å². The number of carbonyl (C=O) groups excluding carboxylic acids is 1. The van der Waals surface area contributed by atoms with Crippen molar-refractivity contribution in [1.82, 2.24) is 14.7 Å². The molecule has 1 amide bonds. The van der Waals surface area contributed by atoms with Crippen molar-refractivity contribution in [3.8, 4) is 0 Å². The second-order valence-corrected chi connectivity index (χ2v) is 5.59. The Morgan fingerprint density at radius 1 is 1.47 bits per heavy atom. The maximum Gasteiger partial charge on any atom is 0.246 e. The number of nitrogens with zero attached hydrogens (tertiary/aromatic N) is 3. The van der Waals surface area contributed by atoms with Gasteiger partial charge in [0.15, 0.2) is 0 Å². The van der Waals surface area contributed by atoms with Gasteiger partial charge in [-0.25, -0.2) is 0 Å². The molecule has 1 saturated heterocycles. The lowest BCUT2D eigenvalue weighted by atomic mass is 10.00. The quantitative estimate of drug-likeness (QED) is 0.796. The van der Waals surface area contributed by atoms with Crippen LogP contribution in [0.15, 0.2) is 18.5 Å². The molecule has 5 heteroatoms. The summed E-state index contributed by atoms with van der Waals surface area (Å²) < 4.78 is 1.71. The van der Waals surface area contributed by atoms with Gasteiger partial charge in [0.05, 0.1) is 12.3 Å². The number of hydrogen-bond donors (Lipinski definition) is 1. The van der Waals surface area contributed by atoms with Crippen molar-refractivity contribution in [2.45, 2.75) is 18.9 Å². The van der Waals surface area contributed by atoms with Crippen LogP contribution in [0.3, 0.4) is 0 Å². The Morgan fingerprint density at radius 3 is 3.00 bits per heavy atom. The van der Waals surface area contributed by atoms with E-state index in [9.17, 15) is 9.90 Å². The van der Waals surface area contributed by atoms with E-state index in [4.69, 9.17) is 0 Å². The normalized spacial score (nSPS) is 30.2. The number of carbonyl (C=O) groups is 1. The van der Waals surface area contributed by atoms with Gasteiger partial charge in [0, 0.05) is 43.9 Å². The fourth-order valence-corrected chi connectivity index (χ4v) is 3.22. The Balaban J connectivity index is 1.61. The molecule has 0 bridgehead atoms. The molecule has 2 fully saturated rings. The predicted molar refractivity (Wildman–Crippen MR) is 71.0 cm³/mol. The molecule has 2 heterocycles. The average Bonchev–Trinajstić information content (AvgIpc) is 3.05. The van der Waals surface area contributed by atoms with E-state index in [1.165, 1.54) is 0 Å². The van der Waals surface area contributed by atoms with Gasteiger partial charge >= 0.3 is 0 Å². The maximum absolute atomic E-state index is 12.1. The highest BCUT2D eigenvalue weighted by Gasteiger charge is 2.42. The molecule has 0 aromatic carbocycles. The summed E-state index contributed by atoms with van der Waals surface area (Å²) in [6, 6.07) is 0. The number of likely N-dealkylation sites (tertiary alicyclic amines) is 1. The average molecular weight is 261 g/mol. The van der Waals surface area contributed by atoms with E-state index in [1.54, 1.807) is 23.0 Å². The van der Waals surface area contributed by atoms with Gasteiger partial charge in [-0.3, -0.25) is 9.48 Å². The zero-order valence-corrected chi connectivity index (χ0v) is 11.1. The number of aromatic nitrogens is 2. The van der Waals surface area contributed by atoms with Crippen LogP contribution in [0, 0.1) is 11.8 Å². The van der Waals surface area contributed by atoms with Gasteiger partial charge in [-0.2, -0.15) is 5.10 Å². The van der Waals surface area contributed by atoms with E-state index in [-0.39, 0.29) is 17.9 Å². The van der Waals surface area contributed by atoms with Gasteiger partial charge in [0.1, 0.15) is 0 Å². The minimum absolute atomic E-state index is 0.0328. The molecule has 102 valence electrons. The summed E-state index contributed by atoms with van der Waals surface area (Å²) in [5.41, 5.74) is 0.926. The smallest absolute Gasteiger partial charge is 0.246 e. The molecule has 1 aromatic rings. The molecule has 0 spiro atoms. The number of aryl methyl sites for hydroxylation is 1. The summed E-state index contributed by atoms with van der Waals surface area (Å²) >= 11 is 0. The number of fused-ring (bicyclic) bond motifs is 1. The monoisotopic (exact) mass is 261 g/mol. The lowest BCUT2D eigenvalue weighted by Gasteiger charge is -2.16. The van der Waals surface area contributed by atoms with Crippen LogP contribution < -0.4 is 0 Å². The third-order valence-corrected chi connectivity index (χ3v) is 4.27. The molecule has 1 aromatic heterocycles. The van der Waals surface area contributed by atoms with Crippen LogP contribution in [0.5, 0.6) is 0 Å². The Kier molecular flexibility index (Phi) is 3.14. The second kappa shape index (κ2) is 4.81. The lowest BCUT2D eigenvalue weighted by Crippen LogP contribution is -2.29. The van der Waals surface area contributed by atoms with E-state index in [0.29, 0.717) is 12.5 Å². The zero-order valence-electron chi connectivity index (χ0n) is 11.1. The number of rotatable bonds is 2. The van der Waals surface area contributed by atoms with Crippen molar-refractivity contribution < 1.29 is 9.90 Å². The molecule has 3 unspecified atom stereocenters. The molecule has 1 N–H and O–H groups in total. The summed E-state index contributed by atoms with van der Waals surface area (Å²) in [4.78, 5) is 13.9. The first-order valence-electron chi connectivity index (χ1n) is 6.77. The highest BCUT2D eigenvalue weighted by Crippen LogP contribution is 2.38. The van der Waals surface area contributed by atoms with E-state index in [0.717, 1.165) is 24.9 Å². The molecule has 0 radical (unpaired) electrons. The molecule has 1 aliphatic heterocycles. The van der Waals surface area contributed by atoms with Crippen molar-refractivity contribution in [1.29, 1.82) is 0 Å². The van der Waals surface area contributed by atoms with Gasteiger partial charge in [-0.15, -0.1) is 0 Å². The van der Waals surface area contributed by atoms with Crippen molar-refractivity contribution in [3.05, 3.63) is 24.0 Å². The van der Waals surface area contributed by atoms with Crippen LogP contribution in [0.2, 0.25) is 0 Å². The maximum atomic E-state index is 12.1. The van der Waals surface area contributed by atoms with E-state index in [1.807, 2.05) is 18.1 Å². The van der Waals surface area contributed by atoms with E-state index < -0.39 is 0 Å². The third kappa shape index (κ3) is 2.42. The Labute approximate surface area is 112 Å². The summed E-state index contributed by atoms with van der Waals surface area (Å²) in [7, 11) is 1.85.